The van der Waals surface area contributed by atoms with Crippen LogP contribution in [0.3, 0.4) is 0 Å². The third-order valence-electron chi connectivity index (χ3n) is 4.55. The Morgan fingerprint density at radius 1 is 1.08 bits per heavy atom. The van der Waals surface area contributed by atoms with E-state index < -0.39 is 5.82 Å². The van der Waals surface area contributed by atoms with Crippen molar-refractivity contribution in [2.75, 3.05) is 6.54 Å². The first-order valence-electron chi connectivity index (χ1n) is 8.53. The van der Waals surface area contributed by atoms with Crippen LogP contribution in [0.4, 0.5) is 4.39 Å². The quantitative estimate of drug-likeness (QED) is 0.639. The summed E-state index contributed by atoms with van der Waals surface area (Å²) in [5.41, 5.74) is 0.503. The molecule has 1 heterocycles. The molecular formula is C21H23Cl2FN2. The molecule has 0 radical (unpaired) electrons. The largest absolute Gasteiger partial charge is 0.311 e. The summed E-state index contributed by atoms with van der Waals surface area (Å²) in [4.78, 5) is 0. The summed E-state index contributed by atoms with van der Waals surface area (Å²) >= 11 is 11.4. The van der Waals surface area contributed by atoms with Gasteiger partial charge in [-0.3, -0.25) is 0 Å². The fourth-order valence-electron chi connectivity index (χ4n) is 3.27. The molecule has 1 aliphatic heterocycles. The first-order chi connectivity index (χ1) is 12.3. The number of halogens is 3. The third-order valence-corrected chi connectivity index (χ3v) is 5.09. The van der Waals surface area contributed by atoms with Gasteiger partial charge >= 0.3 is 0 Å². The molecule has 0 bridgehead atoms. The Morgan fingerprint density at radius 3 is 2.23 bits per heavy atom. The zero-order chi connectivity index (χ0) is 19.3. The van der Waals surface area contributed by atoms with Crippen LogP contribution in [0.15, 0.2) is 48.5 Å². The van der Waals surface area contributed by atoms with Gasteiger partial charge in [0, 0.05) is 23.5 Å². The van der Waals surface area contributed by atoms with Gasteiger partial charge in [-0.25, -0.2) is 4.39 Å². The minimum absolute atomic E-state index is 0.0375. The van der Waals surface area contributed by atoms with Gasteiger partial charge < -0.3 is 5.32 Å². The van der Waals surface area contributed by atoms with Crippen LogP contribution in [0.1, 0.15) is 32.3 Å². The van der Waals surface area contributed by atoms with E-state index in [9.17, 15) is 9.65 Å². The first-order valence-corrected chi connectivity index (χ1v) is 9.28. The van der Waals surface area contributed by atoms with Crippen LogP contribution < -0.4 is 5.32 Å². The number of hydrogen-bond donors (Lipinski definition) is 1. The van der Waals surface area contributed by atoms with E-state index in [1.54, 1.807) is 12.1 Å². The lowest BCUT2D eigenvalue weighted by molar-refractivity contribution is 0.262. The highest BCUT2D eigenvalue weighted by Gasteiger charge is 2.43. The molecule has 1 N–H and O–H groups in total. The monoisotopic (exact) mass is 392 g/mol. The Kier molecular flexibility index (Phi) is 7.06. The van der Waals surface area contributed by atoms with Crippen LogP contribution >= 0.6 is 23.2 Å². The van der Waals surface area contributed by atoms with Crippen molar-refractivity contribution in [3.05, 3.63) is 70.0 Å². The Morgan fingerprint density at radius 2 is 1.73 bits per heavy atom. The van der Waals surface area contributed by atoms with E-state index in [4.69, 9.17) is 23.2 Å². The van der Waals surface area contributed by atoms with E-state index >= 15 is 0 Å². The lowest BCUT2D eigenvalue weighted by Gasteiger charge is -2.30. The summed E-state index contributed by atoms with van der Waals surface area (Å²) in [7, 11) is 0. The molecule has 0 amide bonds. The normalized spacial score (nSPS) is 22.3. The zero-order valence-corrected chi connectivity index (χ0v) is 16.7. The zero-order valence-electron chi connectivity index (χ0n) is 15.1. The van der Waals surface area contributed by atoms with E-state index in [1.165, 1.54) is 6.07 Å². The highest BCUT2D eigenvalue weighted by molar-refractivity contribution is 6.31. The molecular weight excluding hydrogens is 370 g/mol. The second-order valence-corrected chi connectivity index (χ2v) is 8.30. The van der Waals surface area contributed by atoms with Gasteiger partial charge in [0.25, 0.3) is 0 Å². The summed E-state index contributed by atoms with van der Waals surface area (Å²) in [6.07, 6.45) is 0. The topological polar surface area (TPSA) is 35.8 Å². The Hall–Kier alpha value is -1.60. The predicted molar refractivity (Wildman–Crippen MR) is 106 cm³/mol. The average molecular weight is 393 g/mol. The fraction of sp³-hybridized carbons (Fsp3) is 0.381. The molecule has 2 aromatic rings. The van der Waals surface area contributed by atoms with Crippen molar-refractivity contribution in [3.8, 4) is 6.07 Å². The van der Waals surface area contributed by atoms with Gasteiger partial charge in [0.05, 0.1) is 17.0 Å². The van der Waals surface area contributed by atoms with Crippen LogP contribution in [0, 0.1) is 28.5 Å². The van der Waals surface area contributed by atoms with Crippen LogP contribution in [0.2, 0.25) is 10.0 Å². The molecule has 1 fully saturated rings. The first kappa shape index (κ1) is 20.7. The second kappa shape index (κ2) is 8.86. The van der Waals surface area contributed by atoms with Gasteiger partial charge in [0.2, 0.25) is 0 Å². The van der Waals surface area contributed by atoms with E-state index in [0.29, 0.717) is 12.1 Å². The van der Waals surface area contributed by atoms with Crippen molar-refractivity contribution in [1.29, 1.82) is 5.26 Å². The summed E-state index contributed by atoms with van der Waals surface area (Å²) in [6, 6.07) is 16.8. The number of nitrogens with one attached hydrogen (secondary N) is 1. The lowest BCUT2D eigenvalue weighted by atomic mass is 9.76. The van der Waals surface area contributed by atoms with E-state index in [0.717, 1.165) is 5.02 Å². The van der Waals surface area contributed by atoms with E-state index in [2.05, 4.69) is 32.2 Å². The summed E-state index contributed by atoms with van der Waals surface area (Å²) in [5, 5.41) is 13.7. The second-order valence-electron chi connectivity index (χ2n) is 7.45. The highest BCUT2D eigenvalue weighted by atomic mass is 35.5. The Labute approximate surface area is 164 Å². The van der Waals surface area contributed by atoms with Crippen molar-refractivity contribution >= 4 is 23.2 Å². The van der Waals surface area contributed by atoms with Crippen LogP contribution in [0.25, 0.3) is 0 Å². The minimum Gasteiger partial charge on any atom is -0.311 e. The van der Waals surface area contributed by atoms with Gasteiger partial charge in [0.1, 0.15) is 5.82 Å². The average Bonchev–Trinajstić information content (AvgIpc) is 3.03. The number of benzene rings is 2. The number of nitrogens with zero attached hydrogens (tertiary/aromatic N) is 1. The maximum atomic E-state index is 14.1. The molecule has 2 aromatic carbocycles. The van der Waals surface area contributed by atoms with Crippen molar-refractivity contribution in [2.45, 2.75) is 32.7 Å². The van der Waals surface area contributed by atoms with E-state index in [1.807, 2.05) is 30.3 Å². The predicted octanol–water partition coefficient (Wildman–Crippen LogP) is 6.06. The van der Waals surface area contributed by atoms with Crippen LogP contribution in [-0.4, -0.2) is 12.6 Å². The lowest BCUT2D eigenvalue weighted by Crippen LogP contribution is -2.39. The van der Waals surface area contributed by atoms with E-state index in [-0.39, 0.29) is 28.3 Å². The molecule has 138 valence electrons. The molecule has 3 atom stereocenters. The van der Waals surface area contributed by atoms with Crippen molar-refractivity contribution in [2.24, 2.45) is 11.3 Å². The van der Waals surface area contributed by atoms with Gasteiger partial charge in [-0.15, -0.1) is 0 Å². The highest BCUT2D eigenvalue weighted by Crippen LogP contribution is 2.40. The molecule has 5 heteroatoms. The molecule has 1 aliphatic rings. The Balaban J connectivity index is 0.000000290. The Bertz CT molecular complexity index is 766. The maximum absolute atomic E-state index is 14.1. The molecule has 0 saturated carbocycles. The van der Waals surface area contributed by atoms with Crippen LogP contribution in [0.5, 0.6) is 0 Å². The maximum Gasteiger partial charge on any atom is 0.145 e. The SMILES string of the molecule is CC(C)(C)C1NCC(c2cccc(Cl)c2F)C1C#N.Clc1ccccc1. The van der Waals surface area contributed by atoms with Gasteiger partial charge in [-0.2, -0.15) is 5.26 Å². The molecule has 0 spiro atoms. The molecule has 3 rings (SSSR count). The number of nitriles is 1. The smallest absolute Gasteiger partial charge is 0.145 e. The van der Waals surface area contributed by atoms with Gasteiger partial charge in [-0.1, -0.05) is 74.3 Å². The molecule has 0 aromatic heterocycles. The standard InChI is InChI=1S/C15H18ClFN2.C6H5Cl/c1-15(2,3)14-10(7-18)11(8-19-14)9-5-4-6-12(16)13(9)17;7-6-4-2-1-3-5-6/h4-6,10-11,14,19H,8H2,1-3H3;1-5H. The summed E-state index contributed by atoms with van der Waals surface area (Å²) in [5.74, 6) is -0.785. The number of rotatable bonds is 1. The van der Waals surface area contributed by atoms with Gasteiger partial charge in [-0.05, 0) is 29.2 Å². The third kappa shape index (κ3) is 4.98. The van der Waals surface area contributed by atoms with Crippen molar-refractivity contribution in [1.82, 2.24) is 5.32 Å². The molecule has 0 aliphatic carbocycles. The number of hydrogen-bond acceptors (Lipinski definition) is 2. The van der Waals surface area contributed by atoms with Gasteiger partial charge in [0.15, 0.2) is 0 Å². The van der Waals surface area contributed by atoms with Crippen LogP contribution in [-0.2, 0) is 0 Å². The molecule has 3 unspecified atom stereocenters. The molecule has 26 heavy (non-hydrogen) atoms. The van der Waals surface area contributed by atoms with Crippen molar-refractivity contribution < 1.29 is 4.39 Å². The summed E-state index contributed by atoms with van der Waals surface area (Å²) < 4.78 is 14.1. The van der Waals surface area contributed by atoms with Crippen molar-refractivity contribution in [3.63, 3.8) is 0 Å². The molecule has 2 nitrogen and oxygen atoms in total. The minimum atomic E-state index is -0.397. The molecule has 1 saturated heterocycles. The fourth-order valence-corrected chi connectivity index (χ4v) is 3.60. The summed E-state index contributed by atoms with van der Waals surface area (Å²) in [6.45, 7) is 6.88.